The second-order valence-corrected chi connectivity index (χ2v) is 17.7. The van der Waals surface area contributed by atoms with Gasteiger partial charge in [0.25, 0.3) is 5.91 Å². The van der Waals surface area contributed by atoms with Crippen LogP contribution in [0.15, 0.2) is 72.8 Å². The highest BCUT2D eigenvalue weighted by Crippen LogP contribution is 2.59. The minimum Gasteiger partial charge on any atom is -0.432 e. The summed E-state index contributed by atoms with van der Waals surface area (Å²) in [5.74, 6) is -0.615. The molecular formula is C36H41N3O6Si. The maximum Gasteiger partial charge on any atom is 0.264 e. The maximum absolute atomic E-state index is 14.7. The molecule has 0 radical (unpaired) electrons. The molecule has 3 amide bonds. The molecule has 10 heteroatoms. The average Bonchev–Trinajstić information content (AvgIpc) is 3.46. The molecule has 2 N–H and O–H groups in total. The van der Waals surface area contributed by atoms with Gasteiger partial charge in [0, 0.05) is 42.2 Å². The molecule has 240 valence electrons. The molecule has 0 saturated carbocycles. The lowest BCUT2D eigenvalue weighted by Gasteiger charge is -2.37. The Morgan fingerprint density at radius 2 is 1.70 bits per heavy atom. The minimum absolute atomic E-state index is 0.0124. The van der Waals surface area contributed by atoms with E-state index in [-0.39, 0.29) is 48.3 Å². The van der Waals surface area contributed by atoms with Crippen LogP contribution >= 0.6 is 0 Å². The molecule has 0 unspecified atom stereocenters. The lowest BCUT2D eigenvalue weighted by atomic mass is 9.82. The number of carbonyl (C=O) groups excluding carboxylic acids is 3. The summed E-state index contributed by atoms with van der Waals surface area (Å²) in [5, 5.41) is 10.2. The third-order valence-corrected chi connectivity index (χ3v) is 13.1. The molecule has 4 aliphatic rings. The quantitative estimate of drug-likeness (QED) is 0.298. The van der Waals surface area contributed by atoms with E-state index in [2.05, 4.69) is 0 Å². The molecule has 1 spiro atoms. The van der Waals surface area contributed by atoms with Crippen LogP contribution in [-0.2, 0) is 44.2 Å². The number of fused-ring (bicyclic) bond motifs is 3. The molecule has 2 fully saturated rings. The molecule has 0 aromatic heterocycles. The largest absolute Gasteiger partial charge is 0.432 e. The Bertz CT molecular complexity index is 1690. The van der Waals surface area contributed by atoms with Gasteiger partial charge < -0.3 is 29.3 Å². The normalized spacial score (nSPS) is 27.2. The van der Waals surface area contributed by atoms with Crippen LogP contribution < -0.4 is 9.80 Å². The summed E-state index contributed by atoms with van der Waals surface area (Å²) in [7, 11) is -2.96. The van der Waals surface area contributed by atoms with E-state index in [1.54, 1.807) is 14.7 Å². The highest BCUT2D eigenvalue weighted by Gasteiger charge is 2.66. The molecule has 2 saturated heterocycles. The maximum atomic E-state index is 14.7. The summed E-state index contributed by atoms with van der Waals surface area (Å²) >= 11 is 0. The number of rotatable bonds is 7. The van der Waals surface area contributed by atoms with Gasteiger partial charge in [-0.05, 0) is 54.4 Å². The smallest absolute Gasteiger partial charge is 0.264 e. The molecule has 0 aliphatic carbocycles. The summed E-state index contributed by atoms with van der Waals surface area (Å²) in [5.41, 5.74) is 3.76. The summed E-state index contributed by atoms with van der Waals surface area (Å²) in [6, 6.07) is 23.0. The monoisotopic (exact) mass is 639 g/mol. The van der Waals surface area contributed by atoms with Crippen LogP contribution in [0, 0.1) is 5.92 Å². The second kappa shape index (κ2) is 11.4. The standard InChI is InChI=1S/C36H41N3O6Si/c1-23-34(46(2,3)44)31(19-33(42)38-21-26-9-5-4-8-25(26)18-28(38)22-40)45-36(23)29-10-6-7-11-30(29)39(35(36)43)20-24-12-14-27(15-13-24)37-17-16-32(37)41/h4-15,23,28,31,34,40,44H,16-22H2,1-3H3/t23-,28+,31+,34-,36+/m1/s1. The van der Waals surface area contributed by atoms with Gasteiger partial charge in [-0.25, -0.2) is 0 Å². The van der Waals surface area contributed by atoms with Gasteiger partial charge in [0.05, 0.1) is 37.4 Å². The number of β-lactam (4-membered cyclic amide) rings is 1. The van der Waals surface area contributed by atoms with Crippen LogP contribution in [0.5, 0.6) is 0 Å². The summed E-state index contributed by atoms with van der Waals surface area (Å²) in [6.45, 7) is 6.98. The zero-order valence-electron chi connectivity index (χ0n) is 26.6. The van der Waals surface area contributed by atoms with Gasteiger partial charge in [-0.3, -0.25) is 14.4 Å². The van der Waals surface area contributed by atoms with E-state index in [4.69, 9.17) is 4.74 Å². The van der Waals surface area contributed by atoms with Crippen molar-refractivity contribution in [3.63, 3.8) is 0 Å². The predicted molar refractivity (Wildman–Crippen MR) is 176 cm³/mol. The molecule has 5 atom stereocenters. The first kappa shape index (κ1) is 30.8. The van der Waals surface area contributed by atoms with Crippen LogP contribution in [0.25, 0.3) is 0 Å². The van der Waals surface area contributed by atoms with Crippen molar-refractivity contribution < 1.29 is 29.0 Å². The van der Waals surface area contributed by atoms with Crippen molar-refractivity contribution in [2.24, 2.45) is 5.92 Å². The van der Waals surface area contributed by atoms with Crippen molar-refractivity contribution in [2.45, 2.75) is 75.7 Å². The van der Waals surface area contributed by atoms with Crippen LogP contribution in [-0.4, -0.2) is 66.1 Å². The van der Waals surface area contributed by atoms with E-state index in [9.17, 15) is 24.3 Å². The Morgan fingerprint density at radius 1 is 1.00 bits per heavy atom. The van der Waals surface area contributed by atoms with Crippen LogP contribution in [0.3, 0.4) is 0 Å². The number of para-hydroxylation sites is 1. The van der Waals surface area contributed by atoms with Gasteiger partial charge in [0.15, 0.2) is 13.9 Å². The predicted octanol–water partition coefficient (Wildman–Crippen LogP) is 4.10. The summed E-state index contributed by atoms with van der Waals surface area (Å²) in [6.07, 6.45) is 0.481. The number of hydrogen-bond donors (Lipinski definition) is 2. The van der Waals surface area contributed by atoms with Gasteiger partial charge in [0.1, 0.15) is 0 Å². The lowest BCUT2D eigenvalue weighted by molar-refractivity contribution is -0.151. The number of nitrogens with zero attached hydrogens (tertiary/aromatic N) is 3. The van der Waals surface area contributed by atoms with Crippen LogP contribution in [0.1, 0.15) is 42.0 Å². The summed E-state index contributed by atoms with van der Waals surface area (Å²) in [4.78, 5) is 57.5. The van der Waals surface area contributed by atoms with Gasteiger partial charge in [-0.2, -0.15) is 0 Å². The second-order valence-electron chi connectivity index (χ2n) is 13.8. The summed E-state index contributed by atoms with van der Waals surface area (Å²) < 4.78 is 6.88. The Labute approximate surface area is 270 Å². The number of anilines is 2. The van der Waals surface area contributed by atoms with E-state index in [0.29, 0.717) is 25.9 Å². The van der Waals surface area contributed by atoms with Crippen molar-refractivity contribution in [1.29, 1.82) is 0 Å². The van der Waals surface area contributed by atoms with E-state index < -0.39 is 20.0 Å². The Kier molecular flexibility index (Phi) is 7.67. The van der Waals surface area contributed by atoms with E-state index in [0.717, 1.165) is 40.2 Å². The third-order valence-electron chi connectivity index (χ3n) is 10.6. The lowest BCUT2D eigenvalue weighted by Crippen LogP contribution is -2.48. The zero-order chi connectivity index (χ0) is 32.4. The van der Waals surface area contributed by atoms with E-state index >= 15 is 0 Å². The Balaban J connectivity index is 1.18. The van der Waals surface area contributed by atoms with Crippen molar-refractivity contribution in [3.05, 3.63) is 95.1 Å². The van der Waals surface area contributed by atoms with Gasteiger partial charge in [-0.15, -0.1) is 0 Å². The number of aliphatic hydroxyl groups is 1. The minimum atomic E-state index is -2.96. The first-order valence-electron chi connectivity index (χ1n) is 16.2. The molecule has 0 bridgehead atoms. The fourth-order valence-electron chi connectivity index (χ4n) is 8.27. The van der Waals surface area contributed by atoms with Gasteiger partial charge in [-0.1, -0.05) is 61.5 Å². The number of amides is 3. The number of carbonyl (C=O) groups is 3. The highest BCUT2D eigenvalue weighted by atomic mass is 28.4. The number of aliphatic hydroxyl groups excluding tert-OH is 1. The van der Waals surface area contributed by atoms with E-state index in [1.165, 1.54) is 0 Å². The molecule has 4 aliphatic heterocycles. The zero-order valence-corrected chi connectivity index (χ0v) is 27.6. The Morgan fingerprint density at radius 3 is 2.35 bits per heavy atom. The van der Waals surface area contributed by atoms with Crippen molar-refractivity contribution in [2.75, 3.05) is 23.0 Å². The molecule has 4 heterocycles. The Hall–Kier alpha value is -3.83. The van der Waals surface area contributed by atoms with E-state index in [1.807, 2.05) is 92.8 Å². The fraction of sp³-hybridized carbons (Fsp3) is 0.417. The fourth-order valence-corrected chi connectivity index (χ4v) is 10.8. The molecule has 3 aromatic carbocycles. The van der Waals surface area contributed by atoms with Gasteiger partial charge in [0.2, 0.25) is 11.8 Å². The first-order chi connectivity index (χ1) is 22.0. The number of benzene rings is 3. The van der Waals surface area contributed by atoms with Crippen molar-refractivity contribution in [1.82, 2.24) is 4.90 Å². The molecule has 3 aromatic rings. The van der Waals surface area contributed by atoms with Crippen LogP contribution in [0.2, 0.25) is 18.6 Å². The number of ether oxygens (including phenoxy) is 1. The average molecular weight is 640 g/mol. The SMILES string of the molecule is C[C@@H]1[C@@H]([Si](C)(C)O)[C@H](CC(=O)N2Cc3ccccc3C[C@H]2CO)O[C@@]12C(=O)N(Cc1ccc(N3CCC3=O)cc1)c1ccccc12. The van der Waals surface area contributed by atoms with Crippen molar-refractivity contribution in [3.8, 4) is 0 Å². The topological polar surface area (TPSA) is 111 Å². The first-order valence-corrected chi connectivity index (χ1v) is 19.2. The van der Waals surface area contributed by atoms with Crippen molar-refractivity contribution >= 4 is 37.4 Å². The molecule has 9 nitrogen and oxygen atoms in total. The van der Waals surface area contributed by atoms with Crippen LogP contribution in [0.4, 0.5) is 11.4 Å². The third kappa shape index (κ3) is 4.90. The highest BCUT2D eigenvalue weighted by molar-refractivity contribution is 6.71. The molecule has 46 heavy (non-hydrogen) atoms. The molecular weight excluding hydrogens is 598 g/mol. The van der Waals surface area contributed by atoms with Gasteiger partial charge >= 0.3 is 0 Å². The molecule has 7 rings (SSSR count). The number of hydrogen-bond acceptors (Lipinski definition) is 6.